The Morgan fingerprint density at radius 1 is 1.22 bits per heavy atom. The number of hydrogen-bond acceptors (Lipinski definition) is 4. The molecule has 2 aromatic carbocycles. The van der Waals surface area contributed by atoms with E-state index in [0.717, 1.165) is 11.3 Å². The summed E-state index contributed by atoms with van der Waals surface area (Å²) < 4.78 is 13.4. The fraction of sp³-hybridized carbons (Fsp3) is 0.150. The average molecular weight is 400 g/mol. The molecule has 1 heterocycles. The number of thiocarbonyl (C=S) groups is 1. The minimum absolute atomic E-state index is 0.143. The van der Waals surface area contributed by atoms with Crippen LogP contribution in [0.15, 0.2) is 53.4 Å². The minimum atomic E-state index is -0.334. The summed E-state index contributed by atoms with van der Waals surface area (Å²) in [6.07, 6.45) is 1.82. The molecular weight excluding hydrogens is 383 g/mol. The molecule has 2 amide bonds. The number of nitrogens with zero attached hydrogens (tertiary/aromatic N) is 1. The van der Waals surface area contributed by atoms with Crippen molar-refractivity contribution < 1.29 is 14.0 Å². The largest absolute Gasteiger partial charge is 0.326 e. The summed E-state index contributed by atoms with van der Waals surface area (Å²) in [7, 11) is 0. The molecule has 4 nitrogen and oxygen atoms in total. The van der Waals surface area contributed by atoms with Gasteiger partial charge >= 0.3 is 0 Å². The smallest absolute Gasteiger partial charge is 0.266 e. The number of anilines is 1. The lowest BCUT2D eigenvalue weighted by Gasteiger charge is -2.14. The fourth-order valence-electron chi connectivity index (χ4n) is 2.54. The number of rotatable bonds is 5. The van der Waals surface area contributed by atoms with Crippen LogP contribution in [0.25, 0.3) is 6.08 Å². The Bertz CT molecular complexity index is 926. The number of amides is 2. The van der Waals surface area contributed by atoms with Gasteiger partial charge in [-0.05, 0) is 42.3 Å². The van der Waals surface area contributed by atoms with Gasteiger partial charge in [-0.15, -0.1) is 0 Å². The highest BCUT2D eigenvalue weighted by molar-refractivity contribution is 8.26. The maximum absolute atomic E-state index is 13.0. The molecule has 0 bridgehead atoms. The second-order valence-electron chi connectivity index (χ2n) is 6.00. The molecule has 0 aromatic heterocycles. The van der Waals surface area contributed by atoms with E-state index in [1.165, 1.54) is 28.8 Å². The lowest BCUT2D eigenvalue weighted by molar-refractivity contribution is -0.122. The van der Waals surface area contributed by atoms with Gasteiger partial charge in [0.1, 0.15) is 10.1 Å². The van der Waals surface area contributed by atoms with Crippen LogP contribution in [0.2, 0.25) is 0 Å². The van der Waals surface area contributed by atoms with Crippen molar-refractivity contribution >= 4 is 51.9 Å². The summed E-state index contributed by atoms with van der Waals surface area (Å²) in [6.45, 7) is 2.13. The molecule has 2 aromatic rings. The lowest BCUT2D eigenvalue weighted by Crippen LogP contribution is -2.31. The van der Waals surface area contributed by atoms with Crippen LogP contribution in [0.5, 0.6) is 0 Å². The predicted molar refractivity (Wildman–Crippen MR) is 111 cm³/mol. The van der Waals surface area contributed by atoms with E-state index in [0.29, 0.717) is 14.8 Å². The van der Waals surface area contributed by atoms with Crippen molar-refractivity contribution in [3.63, 3.8) is 0 Å². The lowest BCUT2D eigenvalue weighted by atomic mass is 10.2. The van der Waals surface area contributed by atoms with Crippen molar-refractivity contribution in [1.82, 2.24) is 4.90 Å². The van der Waals surface area contributed by atoms with Crippen LogP contribution in [0.4, 0.5) is 10.1 Å². The first-order valence-corrected chi connectivity index (χ1v) is 9.53. The Balaban J connectivity index is 1.61. The maximum atomic E-state index is 13.0. The quantitative estimate of drug-likeness (QED) is 0.598. The zero-order valence-corrected chi connectivity index (χ0v) is 16.2. The highest BCUT2D eigenvalue weighted by atomic mass is 32.2. The topological polar surface area (TPSA) is 49.4 Å². The van der Waals surface area contributed by atoms with Crippen LogP contribution >= 0.6 is 24.0 Å². The van der Waals surface area contributed by atoms with Crippen molar-refractivity contribution in [2.75, 3.05) is 11.9 Å². The van der Waals surface area contributed by atoms with Gasteiger partial charge in [0.05, 0.1) is 4.91 Å². The molecule has 1 saturated heterocycles. The molecule has 3 rings (SSSR count). The molecule has 7 heteroatoms. The Morgan fingerprint density at radius 3 is 2.63 bits per heavy atom. The van der Waals surface area contributed by atoms with Gasteiger partial charge in [-0.3, -0.25) is 14.5 Å². The summed E-state index contributed by atoms with van der Waals surface area (Å²) in [5.74, 6) is -0.752. The van der Waals surface area contributed by atoms with E-state index in [1.54, 1.807) is 18.2 Å². The molecule has 1 aliphatic rings. The van der Waals surface area contributed by atoms with E-state index in [-0.39, 0.29) is 30.6 Å². The van der Waals surface area contributed by atoms with Crippen molar-refractivity contribution in [3.05, 3.63) is 70.4 Å². The Kier molecular flexibility index (Phi) is 6.03. The molecule has 0 saturated carbocycles. The number of benzene rings is 2. The second-order valence-corrected chi connectivity index (χ2v) is 7.67. The zero-order valence-electron chi connectivity index (χ0n) is 14.6. The van der Waals surface area contributed by atoms with Gasteiger partial charge in [-0.1, -0.05) is 54.3 Å². The van der Waals surface area contributed by atoms with Crippen LogP contribution in [0.3, 0.4) is 0 Å². The first-order chi connectivity index (χ1) is 12.9. The Labute approximate surface area is 166 Å². The summed E-state index contributed by atoms with van der Waals surface area (Å²) in [5.41, 5.74) is 2.44. The fourth-order valence-corrected chi connectivity index (χ4v) is 3.85. The SMILES string of the molecule is Cc1ccccc1NC(=O)CCN1C(=O)/C(=C/c2ccc(F)cc2)SC1=S. The Hall–Kier alpha value is -2.51. The van der Waals surface area contributed by atoms with E-state index < -0.39 is 0 Å². The predicted octanol–water partition coefficient (Wildman–Crippen LogP) is 4.36. The third-order valence-electron chi connectivity index (χ3n) is 4.02. The minimum Gasteiger partial charge on any atom is -0.326 e. The van der Waals surface area contributed by atoms with Crippen LogP contribution in [-0.4, -0.2) is 27.6 Å². The van der Waals surface area contributed by atoms with Crippen LogP contribution < -0.4 is 5.32 Å². The first-order valence-electron chi connectivity index (χ1n) is 8.30. The van der Waals surface area contributed by atoms with Crippen molar-refractivity contribution in [1.29, 1.82) is 0 Å². The van der Waals surface area contributed by atoms with Gasteiger partial charge in [-0.25, -0.2) is 4.39 Å². The summed E-state index contributed by atoms with van der Waals surface area (Å²) in [4.78, 5) is 26.6. The zero-order chi connectivity index (χ0) is 19.4. The van der Waals surface area contributed by atoms with Crippen LogP contribution in [0.1, 0.15) is 17.5 Å². The van der Waals surface area contributed by atoms with Crippen molar-refractivity contribution in [2.24, 2.45) is 0 Å². The van der Waals surface area contributed by atoms with Gasteiger partial charge in [-0.2, -0.15) is 0 Å². The van der Waals surface area contributed by atoms with Crippen molar-refractivity contribution in [3.8, 4) is 0 Å². The molecule has 1 N–H and O–H groups in total. The molecular formula is C20H17FN2O2S2. The maximum Gasteiger partial charge on any atom is 0.266 e. The highest BCUT2D eigenvalue weighted by Gasteiger charge is 2.32. The van der Waals surface area contributed by atoms with Gasteiger partial charge in [0.15, 0.2) is 0 Å². The Morgan fingerprint density at radius 2 is 1.93 bits per heavy atom. The second kappa shape index (κ2) is 8.45. The molecule has 138 valence electrons. The van der Waals surface area contributed by atoms with Gasteiger partial charge in [0.2, 0.25) is 5.91 Å². The van der Waals surface area contributed by atoms with Gasteiger partial charge in [0, 0.05) is 18.7 Å². The number of nitrogens with one attached hydrogen (secondary N) is 1. The van der Waals surface area contributed by atoms with Crippen molar-refractivity contribution in [2.45, 2.75) is 13.3 Å². The van der Waals surface area contributed by atoms with E-state index in [9.17, 15) is 14.0 Å². The molecule has 1 fully saturated rings. The molecule has 1 aliphatic heterocycles. The first kappa shape index (κ1) is 19.3. The van der Waals surface area contributed by atoms with Gasteiger partial charge < -0.3 is 5.32 Å². The van der Waals surface area contributed by atoms with Gasteiger partial charge in [0.25, 0.3) is 5.91 Å². The van der Waals surface area contributed by atoms with Crippen LogP contribution in [0, 0.1) is 12.7 Å². The number of carbonyl (C=O) groups excluding carboxylic acids is 2. The average Bonchev–Trinajstić information content (AvgIpc) is 2.90. The van der Waals surface area contributed by atoms with Crippen LogP contribution in [-0.2, 0) is 9.59 Å². The molecule has 0 atom stereocenters. The number of aryl methyl sites for hydroxylation is 1. The molecule has 0 unspecified atom stereocenters. The standard InChI is InChI=1S/C20H17FN2O2S2/c1-13-4-2-3-5-16(13)22-18(24)10-11-23-19(25)17(27-20(23)26)12-14-6-8-15(21)9-7-14/h2-9,12H,10-11H2,1H3,(H,22,24)/b17-12-. The number of hydrogen-bond donors (Lipinski definition) is 1. The summed E-state index contributed by atoms with van der Waals surface area (Å²) in [6, 6.07) is 13.4. The number of halogens is 1. The highest BCUT2D eigenvalue weighted by Crippen LogP contribution is 2.32. The normalized spacial score (nSPS) is 15.5. The van der Waals surface area contributed by atoms with E-state index in [4.69, 9.17) is 12.2 Å². The summed E-state index contributed by atoms with van der Waals surface area (Å²) in [5, 5.41) is 2.84. The van der Waals surface area contributed by atoms with E-state index >= 15 is 0 Å². The summed E-state index contributed by atoms with van der Waals surface area (Å²) >= 11 is 6.45. The molecule has 0 spiro atoms. The number of para-hydroxylation sites is 1. The third-order valence-corrected chi connectivity index (χ3v) is 5.40. The molecule has 0 aliphatic carbocycles. The third kappa shape index (κ3) is 4.81. The molecule has 27 heavy (non-hydrogen) atoms. The number of carbonyl (C=O) groups is 2. The molecule has 0 radical (unpaired) electrons. The van der Waals surface area contributed by atoms with E-state index in [2.05, 4.69) is 5.32 Å². The number of thioether (sulfide) groups is 1. The monoisotopic (exact) mass is 400 g/mol. The van der Waals surface area contributed by atoms with E-state index in [1.807, 2.05) is 31.2 Å².